The second kappa shape index (κ2) is 8.10. The first-order valence-corrected chi connectivity index (χ1v) is 7.45. The molecule has 2 saturated heterocycles. The molecule has 0 saturated carbocycles. The highest BCUT2D eigenvalue weighted by Crippen LogP contribution is 2.20. The summed E-state index contributed by atoms with van der Waals surface area (Å²) < 4.78 is 10.8. The van der Waals surface area contributed by atoms with E-state index in [-0.39, 0.29) is 0 Å². The van der Waals surface area contributed by atoms with Gasteiger partial charge in [0.25, 0.3) is 0 Å². The van der Waals surface area contributed by atoms with E-state index in [1.807, 2.05) is 0 Å². The lowest BCUT2D eigenvalue weighted by Crippen LogP contribution is -2.48. The Morgan fingerprint density at radius 1 is 1.28 bits per heavy atom. The zero-order valence-corrected chi connectivity index (χ0v) is 11.7. The van der Waals surface area contributed by atoms with Gasteiger partial charge in [-0.25, -0.2) is 0 Å². The third-order valence-electron chi connectivity index (χ3n) is 4.07. The van der Waals surface area contributed by atoms with Crippen LogP contribution in [0.5, 0.6) is 0 Å². The lowest BCUT2D eigenvalue weighted by Gasteiger charge is -2.37. The molecule has 2 unspecified atom stereocenters. The summed E-state index contributed by atoms with van der Waals surface area (Å²) >= 11 is 0. The SMILES string of the molecule is COCCNCC1CCCCN1CC1CCCO1. The molecule has 0 spiro atoms. The van der Waals surface area contributed by atoms with Crippen LogP contribution in [-0.2, 0) is 9.47 Å². The molecule has 1 N–H and O–H groups in total. The standard InChI is InChI=1S/C14H28N2O2/c1-17-10-7-15-11-13-5-2-3-8-16(13)12-14-6-4-9-18-14/h13-15H,2-12H2,1H3. The number of likely N-dealkylation sites (tertiary alicyclic amines) is 1. The fraction of sp³-hybridized carbons (Fsp3) is 1.00. The summed E-state index contributed by atoms with van der Waals surface area (Å²) in [5.41, 5.74) is 0. The van der Waals surface area contributed by atoms with Crippen molar-refractivity contribution in [2.24, 2.45) is 0 Å². The molecule has 2 rings (SSSR count). The number of hydrogen-bond acceptors (Lipinski definition) is 4. The van der Waals surface area contributed by atoms with Crippen LogP contribution in [0.15, 0.2) is 0 Å². The molecule has 4 heteroatoms. The molecule has 0 aromatic carbocycles. The van der Waals surface area contributed by atoms with Gasteiger partial charge in [0.15, 0.2) is 0 Å². The van der Waals surface area contributed by atoms with Crippen LogP contribution in [0.1, 0.15) is 32.1 Å². The molecular formula is C14H28N2O2. The van der Waals surface area contributed by atoms with Crippen LogP contribution in [0.25, 0.3) is 0 Å². The highest BCUT2D eigenvalue weighted by Gasteiger charge is 2.26. The lowest BCUT2D eigenvalue weighted by atomic mass is 10.0. The van der Waals surface area contributed by atoms with Gasteiger partial charge in [-0.15, -0.1) is 0 Å². The second-order valence-electron chi connectivity index (χ2n) is 5.48. The van der Waals surface area contributed by atoms with Gasteiger partial charge in [-0.05, 0) is 32.2 Å². The number of ether oxygens (including phenoxy) is 2. The van der Waals surface area contributed by atoms with Gasteiger partial charge in [-0.2, -0.15) is 0 Å². The van der Waals surface area contributed by atoms with Crippen molar-refractivity contribution in [2.75, 3.05) is 46.5 Å². The van der Waals surface area contributed by atoms with Crippen molar-refractivity contribution in [1.29, 1.82) is 0 Å². The molecule has 0 bridgehead atoms. The smallest absolute Gasteiger partial charge is 0.0702 e. The zero-order valence-electron chi connectivity index (χ0n) is 11.7. The van der Waals surface area contributed by atoms with Crippen molar-refractivity contribution < 1.29 is 9.47 Å². The first-order chi connectivity index (χ1) is 8.90. The minimum atomic E-state index is 0.490. The largest absolute Gasteiger partial charge is 0.383 e. The Morgan fingerprint density at radius 3 is 3.00 bits per heavy atom. The quantitative estimate of drug-likeness (QED) is 0.695. The number of piperidine rings is 1. The van der Waals surface area contributed by atoms with E-state index in [4.69, 9.17) is 9.47 Å². The van der Waals surface area contributed by atoms with Crippen molar-refractivity contribution in [3.63, 3.8) is 0 Å². The van der Waals surface area contributed by atoms with Gasteiger partial charge in [0.2, 0.25) is 0 Å². The van der Waals surface area contributed by atoms with Crippen LogP contribution >= 0.6 is 0 Å². The molecule has 2 aliphatic rings. The van der Waals surface area contributed by atoms with E-state index in [9.17, 15) is 0 Å². The van der Waals surface area contributed by atoms with Crippen LogP contribution in [0, 0.1) is 0 Å². The maximum absolute atomic E-state index is 5.76. The summed E-state index contributed by atoms with van der Waals surface area (Å²) in [4.78, 5) is 2.64. The predicted molar refractivity (Wildman–Crippen MR) is 72.9 cm³/mol. The Hall–Kier alpha value is -0.160. The summed E-state index contributed by atoms with van der Waals surface area (Å²) in [5.74, 6) is 0. The maximum atomic E-state index is 5.76. The Bertz CT molecular complexity index is 220. The third kappa shape index (κ3) is 4.50. The highest BCUT2D eigenvalue weighted by molar-refractivity contribution is 4.82. The second-order valence-corrected chi connectivity index (χ2v) is 5.48. The van der Waals surface area contributed by atoms with Crippen molar-refractivity contribution >= 4 is 0 Å². The Labute approximate surface area is 111 Å². The summed E-state index contributed by atoms with van der Waals surface area (Å²) in [7, 11) is 1.76. The molecule has 0 aromatic heterocycles. The van der Waals surface area contributed by atoms with Crippen molar-refractivity contribution in [3.8, 4) is 0 Å². The Balaban J connectivity index is 1.70. The summed E-state index contributed by atoms with van der Waals surface area (Å²) in [6.07, 6.45) is 7.03. The van der Waals surface area contributed by atoms with E-state index >= 15 is 0 Å². The maximum Gasteiger partial charge on any atom is 0.0702 e. The van der Waals surface area contributed by atoms with E-state index < -0.39 is 0 Å². The Morgan fingerprint density at radius 2 is 2.22 bits per heavy atom. The molecule has 18 heavy (non-hydrogen) atoms. The van der Waals surface area contributed by atoms with E-state index in [2.05, 4.69) is 10.2 Å². The molecule has 0 radical (unpaired) electrons. The lowest BCUT2D eigenvalue weighted by molar-refractivity contribution is 0.0439. The molecular weight excluding hydrogens is 228 g/mol. The van der Waals surface area contributed by atoms with Gasteiger partial charge in [0, 0.05) is 39.4 Å². The number of rotatable bonds is 7. The average molecular weight is 256 g/mol. The van der Waals surface area contributed by atoms with Crippen LogP contribution in [0.2, 0.25) is 0 Å². The summed E-state index contributed by atoms with van der Waals surface area (Å²) in [6, 6.07) is 0.694. The van der Waals surface area contributed by atoms with Gasteiger partial charge in [0.1, 0.15) is 0 Å². The molecule has 2 heterocycles. The predicted octanol–water partition coefficient (Wildman–Crippen LogP) is 1.26. The van der Waals surface area contributed by atoms with Gasteiger partial charge in [-0.1, -0.05) is 6.42 Å². The van der Waals surface area contributed by atoms with E-state index in [0.29, 0.717) is 12.1 Å². The monoisotopic (exact) mass is 256 g/mol. The van der Waals surface area contributed by atoms with Gasteiger partial charge >= 0.3 is 0 Å². The fourth-order valence-corrected chi connectivity index (χ4v) is 3.02. The van der Waals surface area contributed by atoms with Gasteiger partial charge in [-0.3, -0.25) is 4.90 Å². The third-order valence-corrected chi connectivity index (χ3v) is 4.07. The summed E-state index contributed by atoms with van der Waals surface area (Å²) in [5, 5.41) is 3.50. The Kier molecular flexibility index (Phi) is 6.41. The molecule has 0 amide bonds. The van der Waals surface area contributed by atoms with E-state index in [1.54, 1.807) is 7.11 Å². The van der Waals surface area contributed by atoms with Crippen LogP contribution in [0.3, 0.4) is 0 Å². The topological polar surface area (TPSA) is 33.7 Å². The molecule has 106 valence electrons. The van der Waals surface area contributed by atoms with Crippen molar-refractivity contribution in [1.82, 2.24) is 10.2 Å². The zero-order chi connectivity index (χ0) is 12.6. The van der Waals surface area contributed by atoms with E-state index in [0.717, 1.165) is 32.8 Å². The fourth-order valence-electron chi connectivity index (χ4n) is 3.02. The molecule has 2 fully saturated rings. The highest BCUT2D eigenvalue weighted by atomic mass is 16.5. The van der Waals surface area contributed by atoms with Crippen LogP contribution < -0.4 is 5.32 Å². The first kappa shape index (κ1) is 14.3. The minimum Gasteiger partial charge on any atom is -0.383 e. The minimum absolute atomic E-state index is 0.490. The van der Waals surface area contributed by atoms with Crippen molar-refractivity contribution in [2.45, 2.75) is 44.2 Å². The molecule has 4 nitrogen and oxygen atoms in total. The van der Waals surface area contributed by atoms with E-state index in [1.165, 1.54) is 38.6 Å². The van der Waals surface area contributed by atoms with Crippen molar-refractivity contribution in [3.05, 3.63) is 0 Å². The first-order valence-electron chi connectivity index (χ1n) is 7.45. The molecule has 0 aliphatic carbocycles. The normalized spacial score (nSPS) is 29.8. The average Bonchev–Trinajstić information content (AvgIpc) is 2.89. The summed E-state index contributed by atoms with van der Waals surface area (Å²) in [6.45, 7) is 6.21. The van der Waals surface area contributed by atoms with Gasteiger partial charge < -0.3 is 14.8 Å². The molecule has 2 atom stereocenters. The number of nitrogens with one attached hydrogen (secondary N) is 1. The molecule has 2 aliphatic heterocycles. The van der Waals surface area contributed by atoms with Gasteiger partial charge in [0.05, 0.1) is 12.7 Å². The van der Waals surface area contributed by atoms with Crippen LogP contribution in [-0.4, -0.2) is 63.5 Å². The number of methoxy groups -OCH3 is 1. The number of nitrogens with zero attached hydrogens (tertiary/aromatic N) is 1. The molecule has 0 aromatic rings. The number of hydrogen-bond donors (Lipinski definition) is 1. The van der Waals surface area contributed by atoms with Crippen LogP contribution in [0.4, 0.5) is 0 Å².